The Morgan fingerprint density at radius 3 is 2.55 bits per heavy atom. The first-order valence-corrected chi connectivity index (χ1v) is 8.87. The van der Waals surface area contributed by atoms with Gasteiger partial charge in [-0.05, 0) is 18.6 Å². The molecular weight excluding hydrogens is 326 g/mol. The van der Waals surface area contributed by atoms with E-state index in [-0.39, 0.29) is 10.0 Å². The lowest BCUT2D eigenvalue weighted by atomic mass is 10.3. The average Bonchev–Trinajstić information content (AvgIpc) is 2.93. The monoisotopic (exact) mass is 343 g/mol. The first-order chi connectivity index (χ1) is 10.5. The molecule has 0 bridgehead atoms. The predicted molar refractivity (Wildman–Crippen MR) is 84.3 cm³/mol. The standard InChI is InChI=1S/C13H17N3O4S2/c1-4-5-12-14-15-13(21-12)16-22(17,18)9-6-7-10(19-2)11(8-9)20-3/h6-8H,4-5H2,1-3H3,(H,15,16). The van der Waals surface area contributed by atoms with Gasteiger partial charge in [-0.15, -0.1) is 10.2 Å². The number of nitrogens with zero attached hydrogens (tertiary/aromatic N) is 2. The highest BCUT2D eigenvalue weighted by atomic mass is 32.2. The van der Waals surface area contributed by atoms with Gasteiger partial charge in [0.2, 0.25) is 5.13 Å². The normalized spacial score (nSPS) is 11.2. The Morgan fingerprint density at radius 2 is 1.91 bits per heavy atom. The van der Waals surface area contributed by atoms with Gasteiger partial charge in [-0.3, -0.25) is 4.72 Å². The number of hydrogen-bond acceptors (Lipinski definition) is 7. The van der Waals surface area contributed by atoms with E-state index in [9.17, 15) is 8.42 Å². The molecular formula is C13H17N3O4S2. The van der Waals surface area contributed by atoms with E-state index in [0.29, 0.717) is 11.5 Å². The van der Waals surface area contributed by atoms with Crippen LogP contribution in [0.2, 0.25) is 0 Å². The van der Waals surface area contributed by atoms with Crippen molar-refractivity contribution in [1.82, 2.24) is 10.2 Å². The number of methoxy groups -OCH3 is 2. The van der Waals surface area contributed by atoms with Gasteiger partial charge in [0.05, 0.1) is 19.1 Å². The lowest BCUT2D eigenvalue weighted by Gasteiger charge is -2.10. The van der Waals surface area contributed by atoms with Gasteiger partial charge in [-0.25, -0.2) is 8.42 Å². The molecule has 0 fully saturated rings. The Balaban J connectivity index is 2.25. The molecule has 0 aliphatic rings. The summed E-state index contributed by atoms with van der Waals surface area (Å²) < 4.78 is 37.4. The maximum atomic E-state index is 12.4. The number of nitrogens with one attached hydrogen (secondary N) is 1. The highest BCUT2D eigenvalue weighted by Crippen LogP contribution is 2.30. The summed E-state index contributed by atoms with van der Waals surface area (Å²) in [7, 11) is -0.815. The number of hydrogen-bond donors (Lipinski definition) is 1. The van der Waals surface area contributed by atoms with E-state index in [1.165, 1.54) is 43.8 Å². The first-order valence-electron chi connectivity index (χ1n) is 6.57. The molecule has 0 aliphatic heterocycles. The Hall–Kier alpha value is -1.87. The summed E-state index contributed by atoms with van der Waals surface area (Å²) in [6.45, 7) is 2.02. The molecule has 2 aromatic rings. The predicted octanol–water partition coefficient (Wildman–Crippen LogP) is 2.31. The second-order valence-corrected chi connectivity index (χ2v) is 7.12. The Morgan fingerprint density at radius 1 is 1.18 bits per heavy atom. The quantitative estimate of drug-likeness (QED) is 0.829. The van der Waals surface area contributed by atoms with Crippen molar-refractivity contribution in [3.8, 4) is 11.5 Å². The highest BCUT2D eigenvalue weighted by molar-refractivity contribution is 7.93. The molecule has 0 unspecified atom stereocenters. The fourth-order valence-electron chi connectivity index (χ4n) is 1.77. The summed E-state index contributed by atoms with van der Waals surface area (Å²) >= 11 is 1.23. The number of aromatic nitrogens is 2. The van der Waals surface area contributed by atoms with Gasteiger partial charge >= 0.3 is 0 Å². The van der Waals surface area contributed by atoms with Crippen LogP contribution in [0.15, 0.2) is 23.1 Å². The van der Waals surface area contributed by atoms with E-state index in [1.54, 1.807) is 0 Å². The molecule has 2 rings (SSSR count). The molecule has 1 N–H and O–H groups in total. The van der Waals surface area contributed by atoms with Crippen molar-refractivity contribution in [2.24, 2.45) is 0 Å². The smallest absolute Gasteiger partial charge is 0.263 e. The van der Waals surface area contributed by atoms with Gasteiger partial charge in [0.15, 0.2) is 11.5 Å². The minimum atomic E-state index is -3.75. The molecule has 0 saturated carbocycles. The van der Waals surface area contributed by atoms with Crippen molar-refractivity contribution >= 4 is 26.5 Å². The summed E-state index contributed by atoms with van der Waals surface area (Å²) in [6, 6.07) is 4.38. The van der Waals surface area contributed by atoms with E-state index in [0.717, 1.165) is 17.8 Å². The van der Waals surface area contributed by atoms with Crippen molar-refractivity contribution in [3.63, 3.8) is 0 Å². The van der Waals surface area contributed by atoms with Gasteiger partial charge < -0.3 is 9.47 Å². The molecule has 0 amide bonds. The lowest BCUT2D eigenvalue weighted by Crippen LogP contribution is -2.13. The van der Waals surface area contributed by atoms with Crippen LogP contribution in [0.4, 0.5) is 5.13 Å². The van der Waals surface area contributed by atoms with Gasteiger partial charge in [-0.1, -0.05) is 18.3 Å². The summed E-state index contributed by atoms with van der Waals surface area (Å²) in [6.07, 6.45) is 1.70. The lowest BCUT2D eigenvalue weighted by molar-refractivity contribution is 0.354. The van der Waals surface area contributed by atoms with Crippen molar-refractivity contribution in [2.45, 2.75) is 24.7 Å². The molecule has 0 saturated heterocycles. The molecule has 0 radical (unpaired) electrons. The largest absolute Gasteiger partial charge is 0.493 e. The number of rotatable bonds is 7. The minimum Gasteiger partial charge on any atom is -0.493 e. The Labute approximate surface area is 133 Å². The molecule has 1 heterocycles. The summed E-state index contributed by atoms with van der Waals surface area (Å²) in [5.74, 6) is 0.803. The second-order valence-electron chi connectivity index (χ2n) is 4.37. The average molecular weight is 343 g/mol. The van der Waals surface area contributed by atoms with E-state index in [1.807, 2.05) is 6.92 Å². The Kier molecular flexibility index (Phi) is 5.19. The summed E-state index contributed by atoms with van der Waals surface area (Å²) in [5.41, 5.74) is 0. The van der Waals surface area contributed by atoms with Crippen LogP contribution in [0, 0.1) is 0 Å². The Bertz CT molecular complexity index is 743. The molecule has 7 nitrogen and oxygen atoms in total. The van der Waals surface area contributed by atoms with Crippen molar-refractivity contribution < 1.29 is 17.9 Å². The molecule has 0 aliphatic carbocycles. The van der Waals surface area contributed by atoms with Crippen molar-refractivity contribution in [1.29, 1.82) is 0 Å². The zero-order valence-electron chi connectivity index (χ0n) is 12.5. The van der Waals surface area contributed by atoms with E-state index >= 15 is 0 Å². The van der Waals surface area contributed by atoms with Gasteiger partial charge in [0, 0.05) is 12.5 Å². The molecule has 1 aromatic carbocycles. The number of ether oxygens (including phenoxy) is 2. The number of aryl methyl sites for hydroxylation is 1. The van der Waals surface area contributed by atoms with Crippen LogP contribution < -0.4 is 14.2 Å². The van der Waals surface area contributed by atoms with Gasteiger partial charge in [-0.2, -0.15) is 0 Å². The van der Waals surface area contributed by atoms with Crippen LogP contribution >= 0.6 is 11.3 Å². The summed E-state index contributed by atoms with van der Waals surface area (Å²) in [4.78, 5) is 0.0670. The molecule has 1 aromatic heterocycles. The molecule has 22 heavy (non-hydrogen) atoms. The second kappa shape index (κ2) is 6.93. The van der Waals surface area contributed by atoms with Crippen molar-refractivity contribution in [2.75, 3.05) is 18.9 Å². The maximum absolute atomic E-state index is 12.4. The molecule has 0 spiro atoms. The SMILES string of the molecule is CCCc1nnc(NS(=O)(=O)c2ccc(OC)c(OC)c2)s1. The zero-order chi connectivity index (χ0) is 16.2. The summed E-state index contributed by atoms with van der Waals surface area (Å²) in [5, 5.41) is 8.83. The molecule has 120 valence electrons. The van der Waals surface area contributed by atoms with Crippen LogP contribution in [0.3, 0.4) is 0 Å². The minimum absolute atomic E-state index is 0.0670. The number of sulfonamides is 1. The fourth-order valence-corrected chi connectivity index (χ4v) is 3.85. The third-order valence-electron chi connectivity index (χ3n) is 2.82. The molecule has 0 atom stereocenters. The van der Waals surface area contributed by atoms with E-state index in [2.05, 4.69) is 14.9 Å². The topological polar surface area (TPSA) is 90.4 Å². The van der Waals surface area contributed by atoms with Crippen LogP contribution in [0.25, 0.3) is 0 Å². The van der Waals surface area contributed by atoms with E-state index in [4.69, 9.17) is 9.47 Å². The maximum Gasteiger partial charge on any atom is 0.263 e. The van der Waals surface area contributed by atoms with Gasteiger partial charge in [0.25, 0.3) is 10.0 Å². The van der Waals surface area contributed by atoms with Crippen LogP contribution in [0.1, 0.15) is 18.4 Å². The van der Waals surface area contributed by atoms with Crippen LogP contribution in [-0.4, -0.2) is 32.8 Å². The van der Waals surface area contributed by atoms with Crippen molar-refractivity contribution in [3.05, 3.63) is 23.2 Å². The first kappa shape index (κ1) is 16.5. The number of anilines is 1. The fraction of sp³-hybridized carbons (Fsp3) is 0.385. The molecule has 9 heteroatoms. The third kappa shape index (κ3) is 3.66. The highest BCUT2D eigenvalue weighted by Gasteiger charge is 2.19. The zero-order valence-corrected chi connectivity index (χ0v) is 14.1. The number of benzene rings is 1. The van der Waals surface area contributed by atoms with Crippen LogP contribution in [0.5, 0.6) is 11.5 Å². The van der Waals surface area contributed by atoms with E-state index < -0.39 is 10.0 Å². The van der Waals surface area contributed by atoms with Gasteiger partial charge in [0.1, 0.15) is 5.01 Å². The van der Waals surface area contributed by atoms with Crippen LogP contribution in [-0.2, 0) is 16.4 Å². The third-order valence-corrected chi connectivity index (χ3v) is 5.18.